The Bertz CT molecular complexity index is 445. The van der Waals surface area contributed by atoms with Crippen molar-refractivity contribution in [3.05, 3.63) is 29.3 Å². The molecule has 0 amide bonds. The molecule has 1 aromatic rings. The maximum absolute atomic E-state index is 11.6. The van der Waals surface area contributed by atoms with E-state index in [4.69, 9.17) is 10.5 Å². The summed E-state index contributed by atoms with van der Waals surface area (Å²) in [6, 6.07) is 5.80. The molecule has 19 heavy (non-hydrogen) atoms. The lowest BCUT2D eigenvalue weighted by Crippen LogP contribution is -2.40. The molecule has 0 saturated carbocycles. The molecule has 106 valence electrons. The lowest BCUT2D eigenvalue weighted by molar-refractivity contribution is -0.148. The van der Waals surface area contributed by atoms with Crippen LogP contribution in [-0.2, 0) is 11.2 Å². The Hall–Kier alpha value is -1.55. The fourth-order valence-electron chi connectivity index (χ4n) is 2.42. The summed E-state index contributed by atoms with van der Waals surface area (Å²) in [5.74, 6) is -0.110. The van der Waals surface area contributed by atoms with Crippen molar-refractivity contribution in [2.45, 2.75) is 33.1 Å². The van der Waals surface area contributed by atoms with E-state index in [1.54, 1.807) is 7.11 Å². The molecule has 0 saturated heterocycles. The average molecular weight is 265 g/mol. The van der Waals surface area contributed by atoms with Crippen molar-refractivity contribution in [1.82, 2.24) is 0 Å². The predicted molar refractivity (Wildman–Crippen MR) is 75.5 cm³/mol. The van der Waals surface area contributed by atoms with Gasteiger partial charge in [-0.15, -0.1) is 0 Å². The minimum atomic E-state index is -0.907. The number of carbonyl (C=O) groups is 1. The van der Waals surface area contributed by atoms with Crippen LogP contribution in [0, 0.1) is 12.3 Å². The topological polar surface area (TPSA) is 72.5 Å². The molecular weight excluding hydrogens is 242 g/mol. The first-order chi connectivity index (χ1) is 8.99. The van der Waals surface area contributed by atoms with Gasteiger partial charge in [-0.2, -0.15) is 0 Å². The molecular formula is C15H23NO3. The van der Waals surface area contributed by atoms with E-state index in [0.29, 0.717) is 12.8 Å². The standard InChI is InChI=1S/C15H23NO3/c1-4-7-15(10-16,14(17)18)9-12-8-11(2)5-6-13(12)19-3/h5-6,8H,4,7,9-10,16H2,1-3H3,(H,17,18). The highest BCUT2D eigenvalue weighted by Crippen LogP contribution is 2.32. The number of carboxylic acid groups (broad SMARTS) is 1. The van der Waals surface area contributed by atoms with Crippen LogP contribution >= 0.6 is 0 Å². The van der Waals surface area contributed by atoms with E-state index in [9.17, 15) is 9.90 Å². The zero-order valence-corrected chi connectivity index (χ0v) is 11.9. The van der Waals surface area contributed by atoms with Gasteiger partial charge in [0.25, 0.3) is 0 Å². The molecule has 0 bridgehead atoms. The summed E-state index contributed by atoms with van der Waals surface area (Å²) in [7, 11) is 1.60. The van der Waals surface area contributed by atoms with Gasteiger partial charge in [-0.3, -0.25) is 4.79 Å². The Kier molecular flexibility index (Phi) is 5.36. The van der Waals surface area contributed by atoms with Crippen molar-refractivity contribution >= 4 is 5.97 Å². The molecule has 0 aromatic heterocycles. The Labute approximate surface area is 114 Å². The number of methoxy groups -OCH3 is 1. The number of nitrogens with two attached hydrogens (primary N) is 1. The molecule has 1 rings (SSSR count). The van der Waals surface area contributed by atoms with Crippen molar-refractivity contribution in [1.29, 1.82) is 0 Å². The molecule has 3 N–H and O–H groups in total. The fourth-order valence-corrected chi connectivity index (χ4v) is 2.42. The lowest BCUT2D eigenvalue weighted by Gasteiger charge is -2.28. The Morgan fingerprint density at radius 1 is 1.47 bits per heavy atom. The highest BCUT2D eigenvalue weighted by Gasteiger charge is 2.37. The van der Waals surface area contributed by atoms with Crippen molar-refractivity contribution in [3.63, 3.8) is 0 Å². The number of benzene rings is 1. The van der Waals surface area contributed by atoms with E-state index in [1.165, 1.54) is 0 Å². The molecule has 1 atom stereocenters. The number of ether oxygens (including phenoxy) is 1. The van der Waals surface area contributed by atoms with Gasteiger partial charge in [0.2, 0.25) is 0 Å². The van der Waals surface area contributed by atoms with Gasteiger partial charge in [-0.05, 0) is 31.4 Å². The smallest absolute Gasteiger partial charge is 0.311 e. The zero-order valence-electron chi connectivity index (χ0n) is 11.9. The predicted octanol–water partition coefficient (Wildman–Crippen LogP) is 2.38. The second-order valence-corrected chi connectivity index (χ2v) is 5.03. The third-order valence-corrected chi connectivity index (χ3v) is 3.54. The zero-order chi connectivity index (χ0) is 14.5. The van der Waals surface area contributed by atoms with E-state index >= 15 is 0 Å². The quantitative estimate of drug-likeness (QED) is 0.794. The molecule has 0 heterocycles. The van der Waals surface area contributed by atoms with Crippen LogP contribution in [0.15, 0.2) is 18.2 Å². The normalized spacial score (nSPS) is 13.9. The number of hydrogen-bond acceptors (Lipinski definition) is 3. The first kappa shape index (κ1) is 15.5. The lowest BCUT2D eigenvalue weighted by atomic mass is 9.77. The van der Waals surface area contributed by atoms with Crippen LogP contribution in [0.5, 0.6) is 5.75 Å². The van der Waals surface area contributed by atoms with Crippen LogP contribution in [0.1, 0.15) is 30.9 Å². The van der Waals surface area contributed by atoms with Gasteiger partial charge in [-0.1, -0.05) is 31.0 Å². The second-order valence-electron chi connectivity index (χ2n) is 5.03. The molecule has 4 nitrogen and oxygen atoms in total. The monoisotopic (exact) mass is 265 g/mol. The van der Waals surface area contributed by atoms with E-state index in [1.807, 2.05) is 32.0 Å². The van der Waals surface area contributed by atoms with Crippen molar-refractivity contribution < 1.29 is 14.6 Å². The molecule has 0 spiro atoms. The van der Waals surface area contributed by atoms with Crippen LogP contribution < -0.4 is 10.5 Å². The molecule has 0 fully saturated rings. The Balaban J connectivity index is 3.15. The van der Waals surface area contributed by atoms with Crippen LogP contribution in [0.4, 0.5) is 0 Å². The summed E-state index contributed by atoms with van der Waals surface area (Å²) in [5.41, 5.74) is 6.84. The fraction of sp³-hybridized carbons (Fsp3) is 0.533. The van der Waals surface area contributed by atoms with Crippen LogP contribution in [-0.4, -0.2) is 24.7 Å². The van der Waals surface area contributed by atoms with Crippen molar-refractivity contribution in [3.8, 4) is 5.75 Å². The van der Waals surface area contributed by atoms with Gasteiger partial charge in [0, 0.05) is 6.54 Å². The summed E-state index contributed by atoms with van der Waals surface area (Å²) < 4.78 is 5.31. The Morgan fingerprint density at radius 2 is 2.16 bits per heavy atom. The van der Waals surface area contributed by atoms with E-state index < -0.39 is 11.4 Å². The summed E-state index contributed by atoms with van der Waals surface area (Å²) in [6.45, 7) is 4.09. The van der Waals surface area contributed by atoms with E-state index in [-0.39, 0.29) is 6.54 Å². The first-order valence-electron chi connectivity index (χ1n) is 6.56. The molecule has 0 aliphatic carbocycles. The third-order valence-electron chi connectivity index (χ3n) is 3.54. The number of aryl methyl sites for hydroxylation is 1. The maximum atomic E-state index is 11.6. The molecule has 0 aliphatic rings. The highest BCUT2D eigenvalue weighted by atomic mass is 16.5. The minimum Gasteiger partial charge on any atom is -0.496 e. The van der Waals surface area contributed by atoms with Crippen molar-refractivity contribution in [2.75, 3.05) is 13.7 Å². The molecule has 1 unspecified atom stereocenters. The van der Waals surface area contributed by atoms with Gasteiger partial charge in [0.1, 0.15) is 5.75 Å². The largest absolute Gasteiger partial charge is 0.496 e. The molecule has 4 heteroatoms. The maximum Gasteiger partial charge on any atom is 0.311 e. The number of hydrogen-bond donors (Lipinski definition) is 2. The van der Waals surface area contributed by atoms with Gasteiger partial charge < -0.3 is 15.6 Å². The van der Waals surface area contributed by atoms with Crippen LogP contribution in [0.2, 0.25) is 0 Å². The Morgan fingerprint density at radius 3 is 2.63 bits per heavy atom. The SMILES string of the molecule is CCCC(CN)(Cc1cc(C)ccc1OC)C(=O)O. The van der Waals surface area contributed by atoms with Gasteiger partial charge in [0.15, 0.2) is 0 Å². The first-order valence-corrected chi connectivity index (χ1v) is 6.56. The van der Waals surface area contributed by atoms with Gasteiger partial charge in [-0.25, -0.2) is 0 Å². The number of rotatable bonds is 7. The summed E-state index contributed by atoms with van der Waals surface area (Å²) in [5, 5.41) is 9.53. The van der Waals surface area contributed by atoms with E-state index in [2.05, 4.69) is 0 Å². The molecule has 0 radical (unpaired) electrons. The highest BCUT2D eigenvalue weighted by molar-refractivity contribution is 5.75. The molecule has 0 aliphatic heterocycles. The van der Waals surface area contributed by atoms with Crippen LogP contribution in [0.25, 0.3) is 0 Å². The summed E-state index contributed by atoms with van der Waals surface area (Å²) in [6.07, 6.45) is 1.76. The molecule has 1 aromatic carbocycles. The summed E-state index contributed by atoms with van der Waals surface area (Å²) in [4.78, 5) is 11.6. The third kappa shape index (κ3) is 3.47. The number of carboxylic acids is 1. The van der Waals surface area contributed by atoms with Crippen LogP contribution in [0.3, 0.4) is 0 Å². The summed E-state index contributed by atoms with van der Waals surface area (Å²) >= 11 is 0. The average Bonchev–Trinajstić information content (AvgIpc) is 2.38. The van der Waals surface area contributed by atoms with Gasteiger partial charge >= 0.3 is 5.97 Å². The van der Waals surface area contributed by atoms with Crippen molar-refractivity contribution in [2.24, 2.45) is 11.1 Å². The van der Waals surface area contributed by atoms with Gasteiger partial charge in [0.05, 0.1) is 12.5 Å². The minimum absolute atomic E-state index is 0.132. The number of aliphatic carboxylic acids is 1. The van der Waals surface area contributed by atoms with E-state index in [0.717, 1.165) is 23.3 Å². The second kappa shape index (κ2) is 6.57.